The van der Waals surface area contributed by atoms with E-state index in [1.54, 1.807) is 12.1 Å². The Bertz CT molecular complexity index is 722. The number of hydrogen-bond donors (Lipinski definition) is 0. The maximum absolute atomic E-state index is 13.9. The molecular formula is C16H13F2NO3. The molecular weight excluding hydrogens is 292 g/mol. The molecule has 114 valence electrons. The summed E-state index contributed by atoms with van der Waals surface area (Å²) in [6.45, 7) is 1.31. The predicted octanol–water partition coefficient (Wildman–Crippen LogP) is 3.23. The molecule has 0 aromatic heterocycles. The summed E-state index contributed by atoms with van der Waals surface area (Å²) < 4.78 is 32.2. The molecule has 1 aliphatic carbocycles. The molecule has 0 radical (unpaired) electrons. The highest BCUT2D eigenvalue weighted by Crippen LogP contribution is 2.31. The summed E-state index contributed by atoms with van der Waals surface area (Å²) in [4.78, 5) is 25.4. The first kappa shape index (κ1) is 14.4. The van der Waals surface area contributed by atoms with Crippen LogP contribution in [-0.4, -0.2) is 24.1 Å². The Morgan fingerprint density at radius 1 is 1.36 bits per heavy atom. The molecule has 1 aromatic carbocycles. The number of amides is 1. The Balaban J connectivity index is 1.81. The molecule has 0 bridgehead atoms. The monoisotopic (exact) mass is 305 g/mol. The normalized spacial score (nSPS) is 23.8. The van der Waals surface area contributed by atoms with Gasteiger partial charge in [-0.05, 0) is 31.1 Å². The standard InChI is InChI=1S/C16H13F2NO3/c1-16(18)9-11(17)8-13(14(16)20)22-15(21)19-7-6-10-4-2-3-5-12(10)19/h2-5,8-9H,6-7H2,1H3/t16-/m0/s1. The fourth-order valence-corrected chi connectivity index (χ4v) is 2.55. The number of para-hydroxylation sites is 1. The van der Waals surface area contributed by atoms with Crippen molar-refractivity contribution in [2.75, 3.05) is 11.4 Å². The Hall–Kier alpha value is -2.50. The number of nitrogens with zero attached hydrogens (tertiary/aromatic N) is 1. The summed E-state index contributed by atoms with van der Waals surface area (Å²) in [7, 11) is 0. The molecule has 6 heteroatoms. The lowest BCUT2D eigenvalue weighted by Gasteiger charge is -2.22. The van der Waals surface area contributed by atoms with Gasteiger partial charge < -0.3 is 4.74 Å². The minimum atomic E-state index is -2.52. The largest absolute Gasteiger partial charge is 0.419 e. The Kier molecular flexibility index (Phi) is 3.31. The number of carbonyl (C=O) groups is 2. The van der Waals surface area contributed by atoms with Crippen molar-refractivity contribution in [1.82, 2.24) is 0 Å². The van der Waals surface area contributed by atoms with Gasteiger partial charge in [-0.3, -0.25) is 9.69 Å². The summed E-state index contributed by atoms with van der Waals surface area (Å²) in [6, 6.07) is 7.27. The van der Waals surface area contributed by atoms with Crippen LogP contribution in [0.25, 0.3) is 0 Å². The van der Waals surface area contributed by atoms with Crippen LogP contribution >= 0.6 is 0 Å². The van der Waals surface area contributed by atoms with Crippen LogP contribution < -0.4 is 4.90 Å². The van der Waals surface area contributed by atoms with E-state index in [-0.39, 0.29) is 0 Å². The van der Waals surface area contributed by atoms with E-state index in [4.69, 9.17) is 4.74 Å². The summed E-state index contributed by atoms with van der Waals surface area (Å²) >= 11 is 0. The van der Waals surface area contributed by atoms with Crippen molar-refractivity contribution in [2.45, 2.75) is 19.0 Å². The summed E-state index contributed by atoms with van der Waals surface area (Å²) in [5.41, 5.74) is -0.864. The third-order valence-corrected chi connectivity index (χ3v) is 3.65. The highest BCUT2D eigenvalue weighted by Gasteiger charge is 2.40. The van der Waals surface area contributed by atoms with Gasteiger partial charge >= 0.3 is 6.09 Å². The van der Waals surface area contributed by atoms with E-state index < -0.39 is 29.1 Å². The number of benzene rings is 1. The van der Waals surface area contributed by atoms with Crippen LogP contribution in [0.5, 0.6) is 0 Å². The number of fused-ring (bicyclic) bond motifs is 1. The molecule has 3 rings (SSSR count). The van der Waals surface area contributed by atoms with Crippen LogP contribution in [0.4, 0.5) is 19.3 Å². The van der Waals surface area contributed by atoms with Crippen molar-refractivity contribution in [3.63, 3.8) is 0 Å². The number of Topliss-reactive ketones (excluding diaryl/α,β-unsaturated/α-hetero) is 1. The third-order valence-electron chi connectivity index (χ3n) is 3.65. The Labute approximate surface area is 125 Å². The number of hydrogen-bond acceptors (Lipinski definition) is 3. The molecule has 0 unspecified atom stereocenters. The van der Waals surface area contributed by atoms with Crippen molar-refractivity contribution in [3.8, 4) is 0 Å². The van der Waals surface area contributed by atoms with Gasteiger partial charge in [-0.1, -0.05) is 18.2 Å². The number of rotatable bonds is 1. The first-order chi connectivity index (χ1) is 10.4. The number of anilines is 1. The molecule has 1 heterocycles. The molecule has 1 aliphatic heterocycles. The second-order valence-corrected chi connectivity index (χ2v) is 5.34. The molecule has 4 nitrogen and oxygen atoms in total. The topological polar surface area (TPSA) is 46.6 Å². The van der Waals surface area contributed by atoms with Gasteiger partial charge in [0.05, 0.1) is 5.69 Å². The van der Waals surface area contributed by atoms with E-state index in [2.05, 4.69) is 0 Å². The summed E-state index contributed by atoms with van der Waals surface area (Å²) in [6.07, 6.45) is 1.12. The van der Waals surface area contributed by atoms with Crippen molar-refractivity contribution >= 4 is 17.6 Å². The minimum absolute atomic E-state index is 0.394. The fraction of sp³-hybridized carbons (Fsp3) is 0.250. The number of carbonyl (C=O) groups excluding carboxylic acids is 2. The van der Waals surface area contributed by atoms with Crippen molar-refractivity contribution in [2.24, 2.45) is 0 Å². The summed E-state index contributed by atoms with van der Waals surface area (Å²) in [5, 5.41) is 0. The van der Waals surface area contributed by atoms with E-state index in [0.717, 1.165) is 18.6 Å². The van der Waals surface area contributed by atoms with Crippen molar-refractivity contribution in [3.05, 3.63) is 53.6 Å². The predicted molar refractivity (Wildman–Crippen MR) is 75.8 cm³/mol. The molecule has 1 aromatic rings. The lowest BCUT2D eigenvalue weighted by Crippen LogP contribution is -2.36. The number of halogens is 2. The van der Waals surface area contributed by atoms with Gasteiger partial charge in [-0.2, -0.15) is 0 Å². The molecule has 0 saturated carbocycles. The second kappa shape index (κ2) is 5.05. The van der Waals surface area contributed by atoms with Crippen LogP contribution in [0, 0.1) is 0 Å². The van der Waals surface area contributed by atoms with Crippen LogP contribution in [0.1, 0.15) is 12.5 Å². The SMILES string of the molecule is C[C@]1(F)C=C(F)C=C(OC(=O)N2CCc3ccccc32)C1=O. The third kappa shape index (κ3) is 2.41. The van der Waals surface area contributed by atoms with E-state index in [1.807, 2.05) is 12.1 Å². The van der Waals surface area contributed by atoms with E-state index in [1.165, 1.54) is 4.90 Å². The van der Waals surface area contributed by atoms with Crippen molar-refractivity contribution in [1.29, 1.82) is 0 Å². The maximum atomic E-state index is 13.9. The van der Waals surface area contributed by atoms with Crippen LogP contribution in [-0.2, 0) is 16.0 Å². The van der Waals surface area contributed by atoms with Gasteiger partial charge in [0.25, 0.3) is 0 Å². The highest BCUT2D eigenvalue weighted by molar-refractivity contribution is 6.05. The van der Waals surface area contributed by atoms with Gasteiger partial charge in [0, 0.05) is 12.6 Å². The molecule has 2 aliphatic rings. The molecule has 0 saturated heterocycles. The van der Waals surface area contributed by atoms with Crippen LogP contribution in [0.15, 0.2) is 48.0 Å². The Morgan fingerprint density at radius 2 is 2.09 bits per heavy atom. The van der Waals surface area contributed by atoms with Gasteiger partial charge in [0.1, 0.15) is 5.83 Å². The second-order valence-electron chi connectivity index (χ2n) is 5.34. The number of ketones is 1. The van der Waals surface area contributed by atoms with Crippen LogP contribution in [0.2, 0.25) is 0 Å². The van der Waals surface area contributed by atoms with E-state index in [0.29, 0.717) is 24.7 Å². The molecule has 1 atom stereocenters. The average Bonchev–Trinajstić information content (AvgIpc) is 2.87. The quantitative estimate of drug-likeness (QED) is 0.800. The van der Waals surface area contributed by atoms with Gasteiger partial charge in [-0.25, -0.2) is 13.6 Å². The zero-order chi connectivity index (χ0) is 15.9. The van der Waals surface area contributed by atoms with E-state index in [9.17, 15) is 18.4 Å². The first-order valence-electron chi connectivity index (χ1n) is 6.79. The average molecular weight is 305 g/mol. The molecule has 0 N–H and O–H groups in total. The molecule has 1 amide bonds. The maximum Gasteiger partial charge on any atom is 0.419 e. The zero-order valence-electron chi connectivity index (χ0n) is 11.8. The first-order valence-corrected chi connectivity index (χ1v) is 6.79. The zero-order valence-corrected chi connectivity index (χ0v) is 11.8. The van der Waals surface area contributed by atoms with Gasteiger partial charge in [0.2, 0.25) is 5.78 Å². The van der Waals surface area contributed by atoms with Gasteiger partial charge in [-0.15, -0.1) is 0 Å². The number of alkyl halides is 1. The molecule has 0 fully saturated rings. The highest BCUT2D eigenvalue weighted by atomic mass is 19.1. The minimum Gasteiger partial charge on any atom is -0.406 e. The summed E-state index contributed by atoms with van der Waals surface area (Å²) in [5.74, 6) is -2.65. The van der Waals surface area contributed by atoms with Crippen molar-refractivity contribution < 1.29 is 23.1 Å². The molecule has 0 spiro atoms. The smallest absolute Gasteiger partial charge is 0.406 e. The lowest BCUT2D eigenvalue weighted by molar-refractivity contribution is -0.126. The fourth-order valence-electron chi connectivity index (χ4n) is 2.55. The van der Waals surface area contributed by atoms with Crippen LogP contribution in [0.3, 0.4) is 0 Å². The van der Waals surface area contributed by atoms with E-state index >= 15 is 0 Å². The number of allylic oxidation sites excluding steroid dienone is 4. The molecule has 22 heavy (non-hydrogen) atoms. The lowest BCUT2D eigenvalue weighted by atomic mass is 9.96. The number of ether oxygens (including phenoxy) is 1. The Morgan fingerprint density at radius 3 is 2.86 bits per heavy atom. The van der Waals surface area contributed by atoms with Gasteiger partial charge in [0.15, 0.2) is 11.4 Å².